The summed E-state index contributed by atoms with van der Waals surface area (Å²) in [5.74, 6) is 1.08. The molecule has 1 aromatic carbocycles. The van der Waals surface area contributed by atoms with Crippen LogP contribution in [0.2, 0.25) is 0 Å². The maximum atomic E-state index is 11.9. The number of anilines is 1. The highest BCUT2D eigenvalue weighted by Crippen LogP contribution is 2.25. The van der Waals surface area contributed by atoms with E-state index in [2.05, 4.69) is 10.6 Å². The molecule has 0 fully saturated rings. The quantitative estimate of drug-likeness (QED) is 0.757. The first-order valence-corrected chi connectivity index (χ1v) is 7.57. The van der Waals surface area contributed by atoms with E-state index < -0.39 is 5.41 Å². The Bertz CT molecular complexity index is 528. The first-order chi connectivity index (χ1) is 10.8. The van der Waals surface area contributed by atoms with Gasteiger partial charge in [0.25, 0.3) is 0 Å². The van der Waals surface area contributed by atoms with E-state index in [-0.39, 0.29) is 11.8 Å². The molecule has 0 spiro atoms. The van der Waals surface area contributed by atoms with Crippen LogP contribution in [0, 0.1) is 5.41 Å². The third-order valence-corrected chi connectivity index (χ3v) is 3.18. The SMILES string of the molecule is COc1cc(NC(=O)CCCNC(=O)C(C)(C)C)cc(OC)c1. The van der Waals surface area contributed by atoms with Gasteiger partial charge in [0.05, 0.1) is 14.2 Å². The molecule has 0 atom stereocenters. The third-order valence-electron chi connectivity index (χ3n) is 3.18. The van der Waals surface area contributed by atoms with Crippen LogP contribution in [-0.4, -0.2) is 32.6 Å². The van der Waals surface area contributed by atoms with Gasteiger partial charge < -0.3 is 20.1 Å². The fourth-order valence-corrected chi connectivity index (χ4v) is 1.82. The zero-order valence-corrected chi connectivity index (χ0v) is 14.5. The topological polar surface area (TPSA) is 76.7 Å². The van der Waals surface area contributed by atoms with Gasteiger partial charge in [0.2, 0.25) is 11.8 Å². The van der Waals surface area contributed by atoms with Crippen LogP contribution in [0.4, 0.5) is 5.69 Å². The fraction of sp³-hybridized carbons (Fsp3) is 0.529. The highest BCUT2D eigenvalue weighted by atomic mass is 16.5. The van der Waals surface area contributed by atoms with Gasteiger partial charge in [-0.3, -0.25) is 9.59 Å². The summed E-state index contributed by atoms with van der Waals surface area (Å²) in [4.78, 5) is 23.6. The normalized spacial score (nSPS) is 10.8. The molecule has 6 heteroatoms. The molecule has 2 amide bonds. The van der Waals surface area contributed by atoms with E-state index in [0.29, 0.717) is 36.6 Å². The Morgan fingerprint density at radius 3 is 2.09 bits per heavy atom. The van der Waals surface area contributed by atoms with Gasteiger partial charge in [-0.1, -0.05) is 20.8 Å². The molecule has 0 aliphatic heterocycles. The second-order valence-electron chi connectivity index (χ2n) is 6.26. The number of carbonyl (C=O) groups is 2. The number of amides is 2. The highest BCUT2D eigenvalue weighted by molar-refractivity contribution is 5.91. The Balaban J connectivity index is 2.44. The van der Waals surface area contributed by atoms with Crippen LogP contribution in [0.3, 0.4) is 0 Å². The molecule has 0 saturated heterocycles. The first-order valence-electron chi connectivity index (χ1n) is 7.57. The molecule has 0 heterocycles. The van der Waals surface area contributed by atoms with Crippen molar-refractivity contribution in [2.24, 2.45) is 5.41 Å². The smallest absolute Gasteiger partial charge is 0.225 e. The van der Waals surface area contributed by atoms with Crippen molar-refractivity contribution in [1.82, 2.24) is 5.32 Å². The highest BCUT2D eigenvalue weighted by Gasteiger charge is 2.20. The number of benzene rings is 1. The lowest BCUT2D eigenvalue weighted by Gasteiger charge is -2.17. The van der Waals surface area contributed by atoms with E-state index in [9.17, 15) is 9.59 Å². The summed E-state index contributed by atoms with van der Waals surface area (Å²) in [6.45, 7) is 6.03. The second kappa shape index (κ2) is 8.41. The van der Waals surface area contributed by atoms with E-state index in [1.54, 1.807) is 32.4 Å². The minimum absolute atomic E-state index is 0.0181. The molecule has 2 N–H and O–H groups in total. The molecule has 0 unspecified atom stereocenters. The average molecular weight is 322 g/mol. The van der Waals surface area contributed by atoms with E-state index >= 15 is 0 Å². The number of rotatable bonds is 7. The van der Waals surface area contributed by atoms with Gasteiger partial charge in [0.1, 0.15) is 11.5 Å². The van der Waals surface area contributed by atoms with Crippen LogP contribution in [-0.2, 0) is 9.59 Å². The molecular weight excluding hydrogens is 296 g/mol. The standard InChI is InChI=1S/C17H26N2O4/c1-17(2,3)16(21)18-8-6-7-15(20)19-12-9-13(22-4)11-14(10-12)23-5/h9-11H,6-8H2,1-5H3,(H,18,21)(H,19,20). The number of hydrogen-bond donors (Lipinski definition) is 2. The van der Waals surface area contributed by atoms with E-state index in [1.807, 2.05) is 20.8 Å². The number of ether oxygens (including phenoxy) is 2. The Labute approximate surface area is 137 Å². The maximum absolute atomic E-state index is 11.9. The van der Waals surface area contributed by atoms with Gasteiger partial charge in [-0.25, -0.2) is 0 Å². The largest absolute Gasteiger partial charge is 0.497 e. The van der Waals surface area contributed by atoms with Crippen LogP contribution < -0.4 is 20.1 Å². The van der Waals surface area contributed by atoms with Crippen LogP contribution in [0.15, 0.2) is 18.2 Å². The number of methoxy groups -OCH3 is 2. The molecule has 23 heavy (non-hydrogen) atoms. The van der Waals surface area contributed by atoms with Crippen LogP contribution in [0.25, 0.3) is 0 Å². The van der Waals surface area contributed by atoms with Gasteiger partial charge in [0.15, 0.2) is 0 Å². The first kappa shape index (κ1) is 18.8. The Kier molecular flexibility index (Phi) is 6.88. The summed E-state index contributed by atoms with van der Waals surface area (Å²) in [6, 6.07) is 5.18. The van der Waals surface area contributed by atoms with Crippen molar-refractivity contribution < 1.29 is 19.1 Å². The van der Waals surface area contributed by atoms with E-state index in [4.69, 9.17) is 9.47 Å². The van der Waals surface area contributed by atoms with Crippen molar-refractivity contribution in [3.05, 3.63) is 18.2 Å². The monoisotopic (exact) mass is 322 g/mol. The van der Waals surface area contributed by atoms with Gasteiger partial charge in [-0.2, -0.15) is 0 Å². The van der Waals surface area contributed by atoms with Gasteiger partial charge >= 0.3 is 0 Å². The predicted molar refractivity (Wildman–Crippen MR) is 89.9 cm³/mol. The van der Waals surface area contributed by atoms with Crippen molar-refractivity contribution >= 4 is 17.5 Å². The van der Waals surface area contributed by atoms with Crippen LogP contribution >= 0.6 is 0 Å². The van der Waals surface area contributed by atoms with Crippen molar-refractivity contribution in [1.29, 1.82) is 0 Å². The average Bonchev–Trinajstić information content (AvgIpc) is 2.49. The number of nitrogens with one attached hydrogen (secondary N) is 2. The van der Waals surface area contributed by atoms with Crippen molar-refractivity contribution in [2.75, 3.05) is 26.1 Å². The molecule has 1 rings (SSSR count). The molecule has 6 nitrogen and oxygen atoms in total. The Hall–Kier alpha value is -2.24. The van der Waals surface area contributed by atoms with E-state index in [0.717, 1.165) is 0 Å². The van der Waals surface area contributed by atoms with Gasteiger partial charge in [-0.15, -0.1) is 0 Å². The maximum Gasteiger partial charge on any atom is 0.225 e. The van der Waals surface area contributed by atoms with Crippen molar-refractivity contribution in [2.45, 2.75) is 33.6 Å². The third kappa shape index (κ3) is 6.59. The Morgan fingerprint density at radius 2 is 1.61 bits per heavy atom. The van der Waals surface area contributed by atoms with Gasteiger partial charge in [0, 0.05) is 42.3 Å². The molecule has 0 bridgehead atoms. The molecule has 0 aromatic heterocycles. The van der Waals surface area contributed by atoms with Crippen LogP contribution in [0.1, 0.15) is 33.6 Å². The molecule has 0 saturated carbocycles. The summed E-state index contributed by atoms with van der Waals surface area (Å²) in [5.41, 5.74) is 0.198. The molecule has 128 valence electrons. The zero-order chi connectivity index (χ0) is 17.5. The summed E-state index contributed by atoms with van der Waals surface area (Å²) in [7, 11) is 3.11. The molecular formula is C17H26N2O4. The lowest BCUT2D eigenvalue weighted by Crippen LogP contribution is -2.35. The molecule has 0 aliphatic carbocycles. The Morgan fingerprint density at radius 1 is 1.04 bits per heavy atom. The summed E-state index contributed by atoms with van der Waals surface area (Å²) >= 11 is 0. The summed E-state index contributed by atoms with van der Waals surface area (Å²) in [6.07, 6.45) is 0.901. The lowest BCUT2D eigenvalue weighted by molar-refractivity contribution is -0.128. The lowest BCUT2D eigenvalue weighted by atomic mass is 9.96. The predicted octanol–water partition coefficient (Wildman–Crippen LogP) is 2.58. The summed E-state index contributed by atoms with van der Waals surface area (Å²) < 4.78 is 10.3. The second-order valence-corrected chi connectivity index (χ2v) is 6.26. The van der Waals surface area contributed by atoms with E-state index in [1.165, 1.54) is 0 Å². The number of hydrogen-bond acceptors (Lipinski definition) is 4. The fourth-order valence-electron chi connectivity index (χ4n) is 1.82. The molecule has 0 aliphatic rings. The van der Waals surface area contributed by atoms with Gasteiger partial charge in [-0.05, 0) is 6.42 Å². The van der Waals surface area contributed by atoms with Crippen molar-refractivity contribution in [3.8, 4) is 11.5 Å². The molecule has 1 aromatic rings. The summed E-state index contributed by atoms with van der Waals surface area (Å²) in [5, 5.41) is 5.62. The zero-order valence-electron chi connectivity index (χ0n) is 14.5. The number of carbonyl (C=O) groups excluding carboxylic acids is 2. The molecule has 0 radical (unpaired) electrons. The van der Waals surface area contributed by atoms with Crippen molar-refractivity contribution in [3.63, 3.8) is 0 Å². The van der Waals surface area contributed by atoms with Crippen LogP contribution in [0.5, 0.6) is 11.5 Å². The minimum Gasteiger partial charge on any atom is -0.497 e. The minimum atomic E-state index is -0.417.